The zero-order valence-electron chi connectivity index (χ0n) is 17.8. The van der Waals surface area contributed by atoms with Gasteiger partial charge in [-0.3, -0.25) is 9.59 Å². The number of carbonyl (C=O) groups is 2. The molecule has 28 heavy (non-hydrogen) atoms. The summed E-state index contributed by atoms with van der Waals surface area (Å²) in [6.45, 7) is 12.1. The largest absolute Gasteiger partial charge is 0.353 e. The Morgan fingerprint density at radius 1 is 0.929 bits per heavy atom. The summed E-state index contributed by atoms with van der Waals surface area (Å²) in [6.07, 6.45) is 5.07. The van der Waals surface area contributed by atoms with Crippen LogP contribution in [0.4, 0.5) is 0 Å². The number of rotatable bonds is 7. The van der Waals surface area contributed by atoms with Crippen molar-refractivity contribution in [3.63, 3.8) is 0 Å². The summed E-state index contributed by atoms with van der Waals surface area (Å²) in [5.74, 6) is 0.109. The Morgan fingerprint density at radius 3 is 1.93 bits per heavy atom. The SMILES string of the molecule is CCN1CCC(NC(=O)CC2(C(=O)NC3CCN(CC)CC3)CCNC2)CC1. The van der Waals surface area contributed by atoms with Crippen LogP contribution < -0.4 is 16.0 Å². The molecular weight excluding hydrogens is 354 g/mol. The predicted octanol–water partition coefficient (Wildman–Crippen LogP) is 0.557. The number of piperidine rings is 2. The van der Waals surface area contributed by atoms with Gasteiger partial charge in [0.15, 0.2) is 0 Å². The third-order valence-corrected chi connectivity index (χ3v) is 6.99. The monoisotopic (exact) mass is 393 g/mol. The summed E-state index contributed by atoms with van der Waals surface area (Å²) in [5, 5.41) is 9.80. The van der Waals surface area contributed by atoms with Crippen LogP contribution in [0, 0.1) is 5.41 Å². The molecule has 7 heteroatoms. The van der Waals surface area contributed by atoms with Crippen LogP contribution in [0.3, 0.4) is 0 Å². The van der Waals surface area contributed by atoms with Gasteiger partial charge in [-0.25, -0.2) is 0 Å². The molecule has 0 aromatic rings. The summed E-state index contributed by atoms with van der Waals surface area (Å²) >= 11 is 0. The molecule has 0 spiro atoms. The topological polar surface area (TPSA) is 76.7 Å². The summed E-state index contributed by atoms with van der Waals surface area (Å²) in [4.78, 5) is 30.8. The standard InChI is InChI=1S/C21H39N5O2/c1-3-25-11-5-17(6-12-25)23-19(27)15-21(9-10-22-16-21)20(28)24-18-7-13-26(4-2)14-8-18/h17-18,22H,3-16H2,1-2H3,(H,23,27)(H,24,28). The van der Waals surface area contributed by atoms with Gasteiger partial charge in [0.1, 0.15) is 0 Å². The zero-order valence-corrected chi connectivity index (χ0v) is 17.8. The maximum absolute atomic E-state index is 13.1. The second-order valence-corrected chi connectivity index (χ2v) is 8.84. The van der Waals surface area contributed by atoms with Crippen molar-refractivity contribution in [1.82, 2.24) is 25.8 Å². The third-order valence-electron chi connectivity index (χ3n) is 6.99. The Morgan fingerprint density at radius 2 is 1.46 bits per heavy atom. The maximum Gasteiger partial charge on any atom is 0.228 e. The van der Waals surface area contributed by atoms with Gasteiger partial charge in [0.05, 0.1) is 5.41 Å². The molecule has 3 heterocycles. The Hall–Kier alpha value is -1.18. The van der Waals surface area contributed by atoms with E-state index in [2.05, 4.69) is 39.6 Å². The van der Waals surface area contributed by atoms with Crippen LogP contribution in [-0.4, -0.2) is 86.1 Å². The maximum atomic E-state index is 13.1. The highest BCUT2D eigenvalue weighted by Gasteiger charge is 2.44. The molecule has 1 atom stereocenters. The summed E-state index contributed by atoms with van der Waals surface area (Å²) in [5.41, 5.74) is -0.587. The number of nitrogens with one attached hydrogen (secondary N) is 3. The van der Waals surface area contributed by atoms with Crippen LogP contribution in [0.2, 0.25) is 0 Å². The van der Waals surface area contributed by atoms with Gasteiger partial charge in [-0.2, -0.15) is 0 Å². The van der Waals surface area contributed by atoms with Crippen molar-refractivity contribution in [2.45, 2.75) is 64.5 Å². The lowest BCUT2D eigenvalue weighted by Gasteiger charge is -2.35. The van der Waals surface area contributed by atoms with Gasteiger partial charge < -0.3 is 25.8 Å². The molecule has 3 fully saturated rings. The lowest BCUT2D eigenvalue weighted by molar-refractivity contribution is -0.136. The molecule has 0 aromatic heterocycles. The van der Waals surface area contributed by atoms with Crippen LogP contribution in [0.25, 0.3) is 0 Å². The molecule has 0 aliphatic carbocycles. The molecule has 1 unspecified atom stereocenters. The second-order valence-electron chi connectivity index (χ2n) is 8.84. The van der Waals surface area contributed by atoms with Crippen LogP contribution in [0.1, 0.15) is 52.4 Å². The van der Waals surface area contributed by atoms with Crippen LogP contribution >= 0.6 is 0 Å². The first-order valence-corrected chi connectivity index (χ1v) is 11.3. The lowest BCUT2D eigenvalue weighted by atomic mass is 9.81. The summed E-state index contributed by atoms with van der Waals surface area (Å²) < 4.78 is 0. The van der Waals surface area contributed by atoms with E-state index in [0.29, 0.717) is 13.0 Å². The van der Waals surface area contributed by atoms with Crippen molar-refractivity contribution in [1.29, 1.82) is 0 Å². The van der Waals surface area contributed by atoms with Gasteiger partial charge in [-0.1, -0.05) is 13.8 Å². The van der Waals surface area contributed by atoms with Crippen molar-refractivity contribution >= 4 is 11.8 Å². The van der Waals surface area contributed by atoms with Crippen molar-refractivity contribution in [2.75, 3.05) is 52.4 Å². The molecule has 7 nitrogen and oxygen atoms in total. The normalized spacial score (nSPS) is 28.4. The summed E-state index contributed by atoms with van der Waals surface area (Å²) in [7, 11) is 0. The van der Waals surface area contributed by atoms with Crippen molar-refractivity contribution in [2.24, 2.45) is 5.41 Å². The Balaban J connectivity index is 1.50. The first-order valence-electron chi connectivity index (χ1n) is 11.3. The molecule has 0 aromatic carbocycles. The number of carbonyl (C=O) groups excluding carboxylic acids is 2. The van der Waals surface area contributed by atoms with E-state index in [0.717, 1.165) is 77.9 Å². The van der Waals surface area contributed by atoms with Crippen LogP contribution in [0.15, 0.2) is 0 Å². The van der Waals surface area contributed by atoms with Crippen LogP contribution in [-0.2, 0) is 9.59 Å². The highest BCUT2D eigenvalue weighted by atomic mass is 16.2. The van der Waals surface area contributed by atoms with E-state index >= 15 is 0 Å². The molecule has 0 bridgehead atoms. The molecular formula is C21H39N5O2. The smallest absolute Gasteiger partial charge is 0.228 e. The number of hydrogen-bond donors (Lipinski definition) is 3. The van der Waals surface area contributed by atoms with E-state index < -0.39 is 5.41 Å². The fourth-order valence-corrected chi connectivity index (χ4v) is 4.88. The van der Waals surface area contributed by atoms with Gasteiger partial charge in [0.2, 0.25) is 11.8 Å². The molecule has 2 amide bonds. The fourth-order valence-electron chi connectivity index (χ4n) is 4.88. The van der Waals surface area contributed by atoms with E-state index in [1.807, 2.05) is 0 Å². The Labute approximate surface area is 170 Å². The Kier molecular flexibility index (Phi) is 7.71. The molecule has 3 rings (SSSR count). The second kappa shape index (κ2) is 10.0. The lowest BCUT2D eigenvalue weighted by Crippen LogP contribution is -2.52. The van der Waals surface area contributed by atoms with E-state index in [4.69, 9.17) is 0 Å². The highest BCUT2D eigenvalue weighted by Crippen LogP contribution is 2.31. The van der Waals surface area contributed by atoms with Gasteiger partial charge in [0.25, 0.3) is 0 Å². The first-order chi connectivity index (χ1) is 13.5. The Bertz CT molecular complexity index is 519. The summed E-state index contributed by atoms with van der Waals surface area (Å²) in [6, 6.07) is 0.498. The van der Waals surface area contributed by atoms with E-state index in [1.54, 1.807) is 0 Å². The molecule has 3 N–H and O–H groups in total. The van der Waals surface area contributed by atoms with Crippen molar-refractivity contribution < 1.29 is 9.59 Å². The minimum absolute atomic E-state index is 0.0367. The minimum Gasteiger partial charge on any atom is -0.353 e. The molecule has 0 saturated carbocycles. The first kappa shape index (κ1) is 21.5. The number of likely N-dealkylation sites (tertiary alicyclic amines) is 2. The average molecular weight is 394 g/mol. The number of nitrogens with zero attached hydrogens (tertiary/aromatic N) is 2. The minimum atomic E-state index is -0.587. The fraction of sp³-hybridized carbons (Fsp3) is 0.905. The zero-order chi connectivity index (χ0) is 20.0. The average Bonchev–Trinajstić information content (AvgIpc) is 3.18. The molecule has 3 aliphatic heterocycles. The van der Waals surface area contributed by atoms with E-state index in [1.165, 1.54) is 0 Å². The number of amides is 2. The molecule has 3 aliphatic rings. The van der Waals surface area contributed by atoms with Gasteiger partial charge in [-0.15, -0.1) is 0 Å². The molecule has 3 saturated heterocycles. The van der Waals surface area contributed by atoms with Gasteiger partial charge >= 0.3 is 0 Å². The highest BCUT2D eigenvalue weighted by molar-refractivity contribution is 5.89. The molecule has 0 radical (unpaired) electrons. The quantitative estimate of drug-likeness (QED) is 0.589. The van der Waals surface area contributed by atoms with E-state index in [-0.39, 0.29) is 23.9 Å². The van der Waals surface area contributed by atoms with E-state index in [9.17, 15) is 9.59 Å². The predicted molar refractivity (Wildman–Crippen MR) is 111 cm³/mol. The van der Waals surface area contributed by atoms with Crippen LogP contribution in [0.5, 0.6) is 0 Å². The van der Waals surface area contributed by atoms with Crippen molar-refractivity contribution in [3.8, 4) is 0 Å². The van der Waals surface area contributed by atoms with Gasteiger partial charge in [-0.05, 0) is 51.7 Å². The van der Waals surface area contributed by atoms with Crippen molar-refractivity contribution in [3.05, 3.63) is 0 Å². The third kappa shape index (κ3) is 5.45. The van der Waals surface area contributed by atoms with Gasteiger partial charge in [0, 0.05) is 51.2 Å². The molecule has 160 valence electrons. The number of hydrogen-bond acceptors (Lipinski definition) is 5.